The molecule has 0 unspecified atom stereocenters. The third kappa shape index (κ3) is 4.54. The highest BCUT2D eigenvalue weighted by Crippen LogP contribution is 2.41. The minimum absolute atomic E-state index is 1.13. The van der Waals surface area contributed by atoms with Crippen molar-refractivity contribution in [2.45, 2.75) is 38.5 Å². The Morgan fingerprint density at radius 2 is 1.16 bits per heavy atom. The van der Waals surface area contributed by atoms with Gasteiger partial charge < -0.3 is 9.13 Å². The van der Waals surface area contributed by atoms with E-state index in [4.69, 9.17) is 0 Å². The molecule has 244 valence electrons. The molecule has 3 heteroatoms. The Morgan fingerprint density at radius 3 is 2.00 bits per heavy atom. The van der Waals surface area contributed by atoms with Gasteiger partial charge in [-0.2, -0.15) is 0 Å². The van der Waals surface area contributed by atoms with E-state index in [0.29, 0.717) is 0 Å². The summed E-state index contributed by atoms with van der Waals surface area (Å²) in [6.07, 6.45) is 14.0. The Morgan fingerprint density at radius 1 is 0.471 bits per heavy atom. The first-order valence-electron chi connectivity index (χ1n) is 18.4. The van der Waals surface area contributed by atoms with Crippen LogP contribution < -0.4 is 0 Å². The SMILES string of the molecule is C1=CC(c2ccc(-n3c4c(c5cc(-c6ccc7c(c6)c6ccccc6n7-c6ccc7sc8ccccc8c7c6)ccc53)CCCC4)cc2)=CCC1. The average Bonchev–Trinajstić information content (AvgIpc) is 3.85. The zero-order chi connectivity index (χ0) is 33.5. The fourth-order valence-corrected chi connectivity index (χ4v) is 10.0. The van der Waals surface area contributed by atoms with E-state index in [1.807, 2.05) is 11.3 Å². The number of rotatable bonds is 4. The predicted octanol–water partition coefficient (Wildman–Crippen LogP) is 13.4. The number of hydrogen-bond donors (Lipinski definition) is 0. The van der Waals surface area contributed by atoms with Gasteiger partial charge in [-0.25, -0.2) is 0 Å². The number of aryl methyl sites for hydroxylation is 1. The molecule has 3 aromatic heterocycles. The number of hydrogen-bond acceptors (Lipinski definition) is 1. The van der Waals surface area contributed by atoms with Crippen molar-refractivity contribution in [2.24, 2.45) is 0 Å². The second-order valence-corrected chi connectivity index (χ2v) is 15.3. The molecule has 2 nitrogen and oxygen atoms in total. The summed E-state index contributed by atoms with van der Waals surface area (Å²) >= 11 is 1.87. The lowest BCUT2D eigenvalue weighted by molar-refractivity contribution is 0.667. The fraction of sp³-hybridized carbons (Fsp3) is 0.125. The summed E-state index contributed by atoms with van der Waals surface area (Å²) in [4.78, 5) is 0. The standard InChI is InChI=1S/C48H36N2S/c1-2-10-31(11-3-1)32-18-22-35(23-19-32)49-43-15-7-4-12-37(43)40-28-33(20-25-45(40)49)34-21-26-46-41(29-34)38-13-5-8-16-44(38)50(46)36-24-27-48-42(30-36)39-14-6-9-17-47(39)51-48/h2,5-6,8-11,13-14,16-30H,1,3-4,7,12,15H2. The molecule has 0 bridgehead atoms. The van der Waals surface area contributed by atoms with Crippen LogP contribution in [0.3, 0.4) is 0 Å². The van der Waals surface area contributed by atoms with Crippen molar-refractivity contribution in [2.75, 3.05) is 0 Å². The van der Waals surface area contributed by atoms with Crippen LogP contribution in [0.15, 0.2) is 146 Å². The first-order valence-corrected chi connectivity index (χ1v) is 19.2. The number of para-hydroxylation sites is 1. The van der Waals surface area contributed by atoms with Gasteiger partial charge in [0.15, 0.2) is 0 Å². The van der Waals surface area contributed by atoms with E-state index in [1.165, 1.54) is 111 Å². The van der Waals surface area contributed by atoms with Crippen molar-refractivity contribution in [3.05, 3.63) is 162 Å². The summed E-state index contributed by atoms with van der Waals surface area (Å²) in [5.74, 6) is 0. The fourth-order valence-electron chi connectivity index (χ4n) is 8.93. The second-order valence-electron chi connectivity index (χ2n) is 14.2. The number of aromatic nitrogens is 2. The molecule has 0 radical (unpaired) electrons. The van der Waals surface area contributed by atoms with E-state index >= 15 is 0 Å². The van der Waals surface area contributed by atoms with Gasteiger partial charge in [0.05, 0.1) is 16.6 Å². The number of nitrogens with zero attached hydrogens (tertiary/aromatic N) is 2. The van der Waals surface area contributed by atoms with Crippen molar-refractivity contribution in [1.82, 2.24) is 9.13 Å². The average molecular weight is 673 g/mol. The lowest BCUT2D eigenvalue weighted by Crippen LogP contribution is -2.06. The van der Waals surface area contributed by atoms with Crippen LogP contribution in [0.5, 0.6) is 0 Å². The van der Waals surface area contributed by atoms with Gasteiger partial charge in [0.1, 0.15) is 0 Å². The zero-order valence-corrected chi connectivity index (χ0v) is 29.2. The Bertz CT molecular complexity index is 2910. The van der Waals surface area contributed by atoms with Gasteiger partial charge in [0.25, 0.3) is 0 Å². The first kappa shape index (κ1) is 29.1. The van der Waals surface area contributed by atoms with Gasteiger partial charge in [0.2, 0.25) is 0 Å². The summed E-state index contributed by atoms with van der Waals surface area (Å²) in [6, 6.07) is 48.1. The van der Waals surface area contributed by atoms with Crippen LogP contribution in [0.2, 0.25) is 0 Å². The van der Waals surface area contributed by atoms with E-state index in [1.54, 1.807) is 0 Å². The van der Waals surface area contributed by atoms with Crippen LogP contribution in [-0.2, 0) is 12.8 Å². The Balaban J connectivity index is 1.04. The molecular weight excluding hydrogens is 637 g/mol. The van der Waals surface area contributed by atoms with Gasteiger partial charge in [-0.3, -0.25) is 0 Å². The lowest BCUT2D eigenvalue weighted by Gasteiger charge is -2.16. The maximum absolute atomic E-state index is 2.55. The molecule has 3 heterocycles. The zero-order valence-electron chi connectivity index (χ0n) is 28.4. The number of allylic oxidation sites excluding steroid dienone is 4. The van der Waals surface area contributed by atoms with Crippen molar-refractivity contribution < 1.29 is 0 Å². The number of thiophene rings is 1. The molecule has 0 aliphatic heterocycles. The molecule has 9 aromatic rings. The van der Waals surface area contributed by atoms with Gasteiger partial charge in [0, 0.05) is 53.4 Å². The molecule has 0 saturated carbocycles. The number of benzene rings is 6. The van der Waals surface area contributed by atoms with Crippen LogP contribution in [0.1, 0.15) is 42.5 Å². The van der Waals surface area contributed by atoms with Crippen LogP contribution >= 0.6 is 11.3 Å². The summed E-state index contributed by atoms with van der Waals surface area (Å²) in [5.41, 5.74) is 14.5. The van der Waals surface area contributed by atoms with E-state index < -0.39 is 0 Å². The third-order valence-electron chi connectivity index (χ3n) is 11.3. The molecular formula is C48H36N2S. The smallest absolute Gasteiger partial charge is 0.0541 e. The monoisotopic (exact) mass is 672 g/mol. The molecule has 51 heavy (non-hydrogen) atoms. The third-order valence-corrected chi connectivity index (χ3v) is 12.5. The normalized spacial score (nSPS) is 14.6. The Hall–Kier alpha value is -5.64. The van der Waals surface area contributed by atoms with Crippen LogP contribution in [0.25, 0.3) is 81.0 Å². The first-order chi connectivity index (χ1) is 25.3. The summed E-state index contributed by atoms with van der Waals surface area (Å²) in [6.45, 7) is 0. The van der Waals surface area contributed by atoms with Gasteiger partial charge >= 0.3 is 0 Å². The quantitative estimate of drug-likeness (QED) is 0.176. The largest absolute Gasteiger partial charge is 0.313 e. The van der Waals surface area contributed by atoms with Crippen molar-refractivity contribution in [1.29, 1.82) is 0 Å². The molecule has 0 saturated heterocycles. The predicted molar refractivity (Wildman–Crippen MR) is 219 cm³/mol. The van der Waals surface area contributed by atoms with Gasteiger partial charge in [-0.15, -0.1) is 11.3 Å². The maximum atomic E-state index is 2.55. The highest BCUT2D eigenvalue weighted by Gasteiger charge is 2.22. The molecule has 0 atom stereocenters. The second kappa shape index (κ2) is 11.4. The Labute approximate surface area is 301 Å². The summed E-state index contributed by atoms with van der Waals surface area (Å²) in [5, 5.41) is 6.65. The van der Waals surface area contributed by atoms with Crippen molar-refractivity contribution >= 4 is 69.8 Å². The highest BCUT2D eigenvalue weighted by molar-refractivity contribution is 7.25. The molecule has 6 aromatic carbocycles. The maximum Gasteiger partial charge on any atom is 0.0541 e. The molecule has 2 aliphatic carbocycles. The summed E-state index contributed by atoms with van der Waals surface area (Å²) < 4.78 is 7.67. The molecule has 0 N–H and O–H groups in total. The highest BCUT2D eigenvalue weighted by atomic mass is 32.1. The molecule has 0 amide bonds. The lowest BCUT2D eigenvalue weighted by atomic mass is 9.94. The topological polar surface area (TPSA) is 9.86 Å². The van der Waals surface area contributed by atoms with Crippen LogP contribution in [0.4, 0.5) is 0 Å². The van der Waals surface area contributed by atoms with Crippen LogP contribution in [0, 0.1) is 0 Å². The summed E-state index contributed by atoms with van der Waals surface area (Å²) in [7, 11) is 0. The molecule has 0 fully saturated rings. The molecule has 11 rings (SSSR count). The van der Waals surface area contributed by atoms with E-state index in [2.05, 4.69) is 155 Å². The Kier molecular flexibility index (Phi) is 6.54. The minimum atomic E-state index is 1.13. The minimum Gasteiger partial charge on any atom is -0.313 e. The molecule has 0 spiro atoms. The van der Waals surface area contributed by atoms with Crippen molar-refractivity contribution in [3.8, 4) is 22.5 Å². The molecule has 2 aliphatic rings. The van der Waals surface area contributed by atoms with Crippen molar-refractivity contribution in [3.63, 3.8) is 0 Å². The number of fused-ring (bicyclic) bond motifs is 9. The van der Waals surface area contributed by atoms with Gasteiger partial charge in [-0.1, -0.05) is 78.9 Å². The van der Waals surface area contributed by atoms with E-state index in [9.17, 15) is 0 Å². The van der Waals surface area contributed by atoms with E-state index in [-0.39, 0.29) is 0 Å². The van der Waals surface area contributed by atoms with E-state index in [0.717, 1.165) is 25.7 Å². The van der Waals surface area contributed by atoms with Gasteiger partial charge in [-0.05, 0) is 133 Å². The van der Waals surface area contributed by atoms with Crippen LogP contribution in [-0.4, -0.2) is 9.13 Å².